The van der Waals surface area contributed by atoms with Gasteiger partial charge < -0.3 is 20.9 Å². The van der Waals surface area contributed by atoms with Gasteiger partial charge in [-0.15, -0.1) is 0 Å². The molecule has 1 aliphatic heterocycles. The van der Waals surface area contributed by atoms with Gasteiger partial charge in [-0.3, -0.25) is 4.79 Å². The third-order valence-corrected chi connectivity index (χ3v) is 3.44. The molecule has 4 atom stereocenters. The number of carbonyl (C=O) groups excluding carboxylic acids is 1. The van der Waals surface area contributed by atoms with E-state index in [-0.39, 0.29) is 17.9 Å². The highest BCUT2D eigenvalue weighted by atomic mass is 16.5. The van der Waals surface area contributed by atoms with E-state index in [0.29, 0.717) is 19.4 Å². The minimum atomic E-state index is -1.01. The Morgan fingerprint density at radius 1 is 1.50 bits per heavy atom. The van der Waals surface area contributed by atoms with Crippen LogP contribution in [-0.2, 0) is 14.3 Å². The zero-order valence-electron chi connectivity index (χ0n) is 10.9. The number of carboxylic acid groups (broad SMARTS) is 1. The molecular formula is C12H22N2O4. The molecule has 0 radical (unpaired) electrons. The molecule has 4 unspecified atom stereocenters. The summed E-state index contributed by atoms with van der Waals surface area (Å²) in [7, 11) is 0. The topological polar surface area (TPSA) is 102 Å². The molecule has 4 N–H and O–H groups in total. The summed E-state index contributed by atoms with van der Waals surface area (Å²) in [6.07, 6.45) is 1.38. The molecule has 0 aromatic carbocycles. The number of hydrogen-bond acceptors (Lipinski definition) is 4. The molecule has 0 spiro atoms. The number of ether oxygens (including phenoxy) is 1. The second-order valence-corrected chi connectivity index (χ2v) is 4.77. The minimum Gasteiger partial charge on any atom is -0.480 e. The molecule has 6 nitrogen and oxygen atoms in total. The quantitative estimate of drug-likeness (QED) is 0.627. The Kier molecular flexibility index (Phi) is 5.55. The lowest BCUT2D eigenvalue weighted by atomic mass is 9.99. The minimum absolute atomic E-state index is 0.0902. The van der Waals surface area contributed by atoms with Crippen molar-refractivity contribution >= 4 is 11.9 Å². The van der Waals surface area contributed by atoms with Crippen LogP contribution in [0.3, 0.4) is 0 Å². The first kappa shape index (κ1) is 14.9. The Bertz CT molecular complexity index is 308. The normalized spacial score (nSPS) is 26.6. The van der Waals surface area contributed by atoms with E-state index in [2.05, 4.69) is 5.32 Å². The molecule has 6 heteroatoms. The van der Waals surface area contributed by atoms with Gasteiger partial charge in [-0.05, 0) is 18.8 Å². The van der Waals surface area contributed by atoms with Crippen LogP contribution in [0.5, 0.6) is 0 Å². The molecule has 0 aliphatic carbocycles. The van der Waals surface area contributed by atoms with Crippen LogP contribution in [0.1, 0.15) is 33.1 Å². The zero-order chi connectivity index (χ0) is 13.7. The average molecular weight is 258 g/mol. The number of hydrogen-bond donors (Lipinski definition) is 3. The van der Waals surface area contributed by atoms with Crippen LogP contribution in [0.25, 0.3) is 0 Å². The lowest BCUT2D eigenvalue weighted by molar-refractivity contribution is -0.145. The van der Waals surface area contributed by atoms with Crippen molar-refractivity contribution < 1.29 is 19.4 Å². The van der Waals surface area contributed by atoms with Gasteiger partial charge in [-0.25, -0.2) is 4.79 Å². The SMILES string of the molecule is CCC(C)C(NC(=O)C1CCC(CN)O1)C(=O)O. The first-order valence-electron chi connectivity index (χ1n) is 6.38. The maximum Gasteiger partial charge on any atom is 0.326 e. The number of rotatable bonds is 6. The van der Waals surface area contributed by atoms with Crippen LogP contribution in [0.4, 0.5) is 0 Å². The lowest BCUT2D eigenvalue weighted by Gasteiger charge is -2.22. The van der Waals surface area contributed by atoms with E-state index in [4.69, 9.17) is 15.6 Å². The summed E-state index contributed by atoms with van der Waals surface area (Å²) in [5, 5.41) is 11.6. The molecule has 0 aromatic rings. The van der Waals surface area contributed by atoms with E-state index in [9.17, 15) is 9.59 Å². The largest absolute Gasteiger partial charge is 0.480 e. The van der Waals surface area contributed by atoms with Crippen LogP contribution >= 0.6 is 0 Å². The summed E-state index contributed by atoms with van der Waals surface area (Å²) >= 11 is 0. The van der Waals surface area contributed by atoms with Gasteiger partial charge in [0.15, 0.2) is 0 Å². The summed E-state index contributed by atoms with van der Waals surface area (Å²) in [6, 6.07) is -0.858. The summed E-state index contributed by atoms with van der Waals surface area (Å²) < 4.78 is 5.44. The summed E-state index contributed by atoms with van der Waals surface area (Å²) in [4.78, 5) is 23.0. The van der Waals surface area contributed by atoms with Gasteiger partial charge in [0, 0.05) is 6.54 Å². The number of carboxylic acids is 1. The molecule has 1 fully saturated rings. The molecule has 1 rings (SSSR count). The van der Waals surface area contributed by atoms with E-state index in [0.717, 1.165) is 6.42 Å². The number of nitrogens with one attached hydrogen (secondary N) is 1. The fourth-order valence-corrected chi connectivity index (χ4v) is 2.00. The maximum atomic E-state index is 11.9. The number of amides is 1. The Morgan fingerprint density at radius 3 is 2.61 bits per heavy atom. The predicted octanol–water partition coefficient (Wildman–Crippen LogP) is 0.108. The van der Waals surface area contributed by atoms with E-state index in [1.165, 1.54) is 0 Å². The Hall–Kier alpha value is -1.14. The molecule has 0 bridgehead atoms. The Labute approximate surface area is 107 Å². The van der Waals surface area contributed by atoms with Crippen molar-refractivity contribution in [1.29, 1.82) is 0 Å². The summed E-state index contributed by atoms with van der Waals surface area (Å²) in [5.41, 5.74) is 5.46. The standard InChI is InChI=1S/C12H22N2O4/c1-3-7(2)10(12(16)17)14-11(15)9-5-4-8(6-13)18-9/h7-10H,3-6,13H2,1-2H3,(H,14,15)(H,16,17). The third kappa shape index (κ3) is 3.68. The van der Waals surface area contributed by atoms with E-state index >= 15 is 0 Å². The molecule has 0 aromatic heterocycles. The van der Waals surface area contributed by atoms with E-state index in [1.807, 2.05) is 6.92 Å². The second kappa shape index (κ2) is 6.70. The average Bonchev–Trinajstić information content (AvgIpc) is 2.83. The van der Waals surface area contributed by atoms with Gasteiger partial charge in [0.1, 0.15) is 12.1 Å². The van der Waals surface area contributed by atoms with Crippen molar-refractivity contribution in [3.05, 3.63) is 0 Å². The van der Waals surface area contributed by atoms with Crippen molar-refractivity contribution in [2.24, 2.45) is 11.7 Å². The highest BCUT2D eigenvalue weighted by Gasteiger charge is 2.33. The lowest BCUT2D eigenvalue weighted by Crippen LogP contribution is -2.48. The van der Waals surface area contributed by atoms with E-state index < -0.39 is 18.1 Å². The van der Waals surface area contributed by atoms with Crippen LogP contribution in [-0.4, -0.2) is 41.8 Å². The van der Waals surface area contributed by atoms with Crippen molar-refractivity contribution in [1.82, 2.24) is 5.32 Å². The monoisotopic (exact) mass is 258 g/mol. The molecule has 1 heterocycles. The highest BCUT2D eigenvalue weighted by molar-refractivity contribution is 5.86. The van der Waals surface area contributed by atoms with Crippen molar-refractivity contribution in [3.8, 4) is 0 Å². The smallest absolute Gasteiger partial charge is 0.326 e. The first-order chi connectivity index (χ1) is 8.49. The molecule has 18 heavy (non-hydrogen) atoms. The zero-order valence-corrected chi connectivity index (χ0v) is 10.9. The molecular weight excluding hydrogens is 236 g/mol. The van der Waals surface area contributed by atoms with Gasteiger partial charge in [-0.2, -0.15) is 0 Å². The molecule has 104 valence electrons. The maximum absolute atomic E-state index is 11.9. The fourth-order valence-electron chi connectivity index (χ4n) is 2.00. The predicted molar refractivity (Wildman–Crippen MR) is 66.0 cm³/mol. The summed E-state index contributed by atoms with van der Waals surface area (Å²) in [5.74, 6) is -1.47. The molecule has 0 saturated carbocycles. The van der Waals surface area contributed by atoms with Crippen molar-refractivity contribution in [3.63, 3.8) is 0 Å². The third-order valence-electron chi connectivity index (χ3n) is 3.44. The van der Waals surface area contributed by atoms with Crippen LogP contribution in [0, 0.1) is 5.92 Å². The summed E-state index contributed by atoms with van der Waals surface area (Å²) in [6.45, 7) is 4.08. The highest BCUT2D eigenvalue weighted by Crippen LogP contribution is 2.19. The number of nitrogens with two attached hydrogens (primary N) is 1. The van der Waals surface area contributed by atoms with Gasteiger partial charge in [0.2, 0.25) is 5.91 Å². The number of aliphatic carboxylic acids is 1. The Morgan fingerprint density at radius 2 is 2.17 bits per heavy atom. The van der Waals surface area contributed by atoms with E-state index in [1.54, 1.807) is 6.92 Å². The van der Waals surface area contributed by atoms with Crippen molar-refractivity contribution in [2.75, 3.05) is 6.54 Å². The second-order valence-electron chi connectivity index (χ2n) is 4.77. The molecule has 1 saturated heterocycles. The fraction of sp³-hybridized carbons (Fsp3) is 0.833. The van der Waals surface area contributed by atoms with Crippen molar-refractivity contribution in [2.45, 2.75) is 51.4 Å². The first-order valence-corrected chi connectivity index (χ1v) is 6.38. The van der Waals surface area contributed by atoms with Crippen LogP contribution in [0.15, 0.2) is 0 Å². The molecule has 1 aliphatic rings. The number of carbonyl (C=O) groups is 2. The Balaban J connectivity index is 2.54. The van der Waals surface area contributed by atoms with Gasteiger partial charge in [0.25, 0.3) is 0 Å². The van der Waals surface area contributed by atoms with Crippen LogP contribution in [0.2, 0.25) is 0 Å². The van der Waals surface area contributed by atoms with Gasteiger partial charge in [-0.1, -0.05) is 20.3 Å². The molecule has 1 amide bonds. The van der Waals surface area contributed by atoms with Gasteiger partial charge in [0.05, 0.1) is 6.10 Å². The van der Waals surface area contributed by atoms with Crippen LogP contribution < -0.4 is 11.1 Å². The van der Waals surface area contributed by atoms with Gasteiger partial charge >= 0.3 is 5.97 Å².